The zero-order valence-corrected chi connectivity index (χ0v) is 21.0. The summed E-state index contributed by atoms with van der Waals surface area (Å²) in [6, 6.07) is 3.80. The number of halogens is 2. The van der Waals surface area contributed by atoms with E-state index >= 15 is 0 Å². The minimum atomic E-state index is -1.51. The highest BCUT2D eigenvalue weighted by molar-refractivity contribution is 6.42. The van der Waals surface area contributed by atoms with Gasteiger partial charge < -0.3 is 9.67 Å². The van der Waals surface area contributed by atoms with Gasteiger partial charge in [0.05, 0.1) is 15.7 Å². The van der Waals surface area contributed by atoms with Gasteiger partial charge in [-0.05, 0) is 24.0 Å². The first-order valence-electron chi connectivity index (χ1n) is 10.8. The van der Waals surface area contributed by atoms with Gasteiger partial charge in [-0.3, -0.25) is 29.0 Å². The molecule has 1 N–H and O–H groups in total. The fraction of sp³-hybridized carbons (Fsp3) is 0.375. The van der Waals surface area contributed by atoms with Crippen LogP contribution in [0.3, 0.4) is 0 Å². The number of rotatable bonds is 4. The van der Waals surface area contributed by atoms with Crippen molar-refractivity contribution >= 4 is 52.8 Å². The van der Waals surface area contributed by atoms with Gasteiger partial charge in [-0.1, -0.05) is 43.1 Å². The number of carbonyl (C=O) groups is 5. The second-order valence-electron chi connectivity index (χ2n) is 9.64. The molecule has 4 amide bonds. The van der Waals surface area contributed by atoms with E-state index in [9.17, 15) is 29.1 Å². The van der Waals surface area contributed by atoms with Crippen LogP contribution in [-0.4, -0.2) is 63.2 Å². The number of hydrogen-bond donors (Lipinski definition) is 1. The third-order valence-electron chi connectivity index (χ3n) is 6.48. The summed E-state index contributed by atoms with van der Waals surface area (Å²) in [5, 5.41) is 10.2. The molecule has 1 aliphatic heterocycles. The molecule has 0 spiro atoms. The molecule has 1 saturated heterocycles. The Morgan fingerprint density at radius 3 is 2.17 bits per heavy atom. The van der Waals surface area contributed by atoms with Crippen molar-refractivity contribution < 1.29 is 29.1 Å². The lowest BCUT2D eigenvalue weighted by Crippen LogP contribution is -2.56. The van der Waals surface area contributed by atoms with Crippen molar-refractivity contribution in [2.45, 2.75) is 39.2 Å². The van der Waals surface area contributed by atoms with Gasteiger partial charge in [-0.2, -0.15) is 0 Å². The topological polar surface area (TPSA) is 117 Å². The Balaban J connectivity index is 2.13. The molecule has 11 heteroatoms. The summed E-state index contributed by atoms with van der Waals surface area (Å²) in [7, 11) is 2.51. The first-order chi connectivity index (χ1) is 16.2. The lowest BCUT2D eigenvalue weighted by atomic mass is 9.74. The van der Waals surface area contributed by atoms with Crippen molar-refractivity contribution in [2.24, 2.45) is 5.41 Å². The van der Waals surface area contributed by atoms with E-state index in [1.165, 1.54) is 30.8 Å². The van der Waals surface area contributed by atoms with Crippen LogP contribution < -0.4 is 0 Å². The van der Waals surface area contributed by atoms with Crippen LogP contribution in [0.15, 0.2) is 18.2 Å². The summed E-state index contributed by atoms with van der Waals surface area (Å²) in [6.07, 6.45) is 0.486. The number of ketones is 1. The molecule has 1 aromatic heterocycles. The Morgan fingerprint density at radius 2 is 1.63 bits per heavy atom. The van der Waals surface area contributed by atoms with E-state index in [2.05, 4.69) is 0 Å². The van der Waals surface area contributed by atoms with E-state index in [1.807, 2.05) is 13.8 Å². The highest BCUT2D eigenvalue weighted by Crippen LogP contribution is 2.46. The molecule has 184 valence electrons. The highest BCUT2D eigenvalue weighted by Gasteiger charge is 2.49. The van der Waals surface area contributed by atoms with Gasteiger partial charge in [-0.15, -0.1) is 0 Å². The number of imide groups is 2. The average molecular weight is 520 g/mol. The first-order valence-corrected chi connectivity index (χ1v) is 11.6. The third-order valence-corrected chi connectivity index (χ3v) is 7.22. The lowest BCUT2D eigenvalue weighted by molar-refractivity contribution is -0.143. The molecule has 4 rings (SSSR count). The molecule has 35 heavy (non-hydrogen) atoms. The molecule has 1 fully saturated rings. The number of likely N-dealkylation sites (N-methyl/N-ethyl adjacent to an activating group) is 2. The molecule has 9 nitrogen and oxygen atoms in total. The van der Waals surface area contributed by atoms with Gasteiger partial charge in [0, 0.05) is 42.9 Å². The minimum Gasteiger partial charge on any atom is -0.480 e. The zero-order valence-electron chi connectivity index (χ0n) is 19.5. The van der Waals surface area contributed by atoms with E-state index < -0.39 is 41.7 Å². The lowest BCUT2D eigenvalue weighted by Gasteiger charge is -2.34. The number of barbiturate groups is 1. The number of carboxylic acid groups (broad SMARTS) is 1. The van der Waals surface area contributed by atoms with Gasteiger partial charge >= 0.3 is 12.0 Å². The number of benzene rings is 1. The van der Waals surface area contributed by atoms with Crippen molar-refractivity contribution in [1.82, 2.24) is 14.4 Å². The number of Topliss-reactive ketones (excluding diaryl/α,β-unsaturated/α-hetero) is 1. The van der Waals surface area contributed by atoms with Crippen LogP contribution in [0.1, 0.15) is 47.8 Å². The molecular weight excluding hydrogens is 497 g/mol. The molecule has 2 heterocycles. The number of carbonyl (C=O) groups excluding carboxylic acids is 4. The van der Waals surface area contributed by atoms with E-state index in [4.69, 9.17) is 23.2 Å². The van der Waals surface area contributed by atoms with Crippen LogP contribution >= 0.6 is 23.2 Å². The Morgan fingerprint density at radius 1 is 1.03 bits per heavy atom. The number of nitrogens with zero attached hydrogens (tertiary/aromatic N) is 3. The summed E-state index contributed by atoms with van der Waals surface area (Å²) in [5.74, 6) is -4.59. The van der Waals surface area contributed by atoms with Gasteiger partial charge in [0.25, 0.3) is 0 Å². The van der Waals surface area contributed by atoms with Crippen molar-refractivity contribution in [1.29, 1.82) is 0 Å². The Hall–Kier alpha value is -3.17. The zero-order chi connectivity index (χ0) is 26.0. The highest BCUT2D eigenvalue weighted by atomic mass is 35.5. The smallest absolute Gasteiger partial charge is 0.332 e. The van der Waals surface area contributed by atoms with Crippen molar-refractivity contribution in [3.05, 3.63) is 45.1 Å². The van der Waals surface area contributed by atoms with Gasteiger partial charge in [0.2, 0.25) is 11.8 Å². The number of hydrogen-bond acceptors (Lipinski definition) is 5. The van der Waals surface area contributed by atoms with Crippen LogP contribution in [0.25, 0.3) is 11.3 Å². The second kappa shape index (κ2) is 8.49. The van der Waals surface area contributed by atoms with Crippen molar-refractivity contribution in [3.8, 4) is 11.3 Å². The standard InChI is InChI=1S/C24H23Cl2N3O6/c1-24(2)8-14-17(15(30)9-24)18(19-21(33)27(3)23(35)28(4)22(19)34)20(29(14)10-16(31)32)11-5-6-12(25)13(26)7-11/h5-7,19H,8-10H2,1-4H3,(H,31,32). The SMILES string of the molecule is CN1C(=O)C(c2c3c(n(CC(=O)O)c2-c2ccc(Cl)c(Cl)c2)CC(C)(C)CC3=O)C(=O)N(C)C1=O. The maximum atomic E-state index is 13.5. The summed E-state index contributed by atoms with van der Waals surface area (Å²) in [6.45, 7) is 3.27. The molecule has 0 saturated carbocycles. The molecule has 0 atom stereocenters. The third kappa shape index (κ3) is 4.02. The quantitative estimate of drug-likeness (QED) is 0.613. The predicted molar refractivity (Wildman–Crippen MR) is 128 cm³/mol. The van der Waals surface area contributed by atoms with Crippen LogP contribution in [-0.2, 0) is 27.3 Å². The summed E-state index contributed by atoms with van der Waals surface area (Å²) >= 11 is 12.4. The summed E-state index contributed by atoms with van der Waals surface area (Å²) < 4.78 is 1.46. The Bertz CT molecular complexity index is 1300. The molecule has 0 unspecified atom stereocenters. The molecule has 0 bridgehead atoms. The molecule has 2 aromatic rings. The van der Waals surface area contributed by atoms with Crippen LogP contribution in [0.5, 0.6) is 0 Å². The van der Waals surface area contributed by atoms with Crippen LogP contribution in [0.2, 0.25) is 10.0 Å². The van der Waals surface area contributed by atoms with Gasteiger partial charge in [0.15, 0.2) is 5.78 Å². The summed E-state index contributed by atoms with van der Waals surface area (Å²) in [5.41, 5.74) is 0.779. The van der Waals surface area contributed by atoms with E-state index in [0.29, 0.717) is 17.7 Å². The fourth-order valence-electron chi connectivity index (χ4n) is 4.92. The van der Waals surface area contributed by atoms with Crippen LogP contribution in [0, 0.1) is 5.41 Å². The Kier molecular flexibility index (Phi) is 6.05. The largest absolute Gasteiger partial charge is 0.480 e. The normalized spacial score (nSPS) is 18.3. The number of urea groups is 1. The van der Waals surface area contributed by atoms with Gasteiger partial charge in [0.1, 0.15) is 12.5 Å². The molecule has 1 aromatic carbocycles. The molecule has 1 aliphatic carbocycles. The number of aliphatic carboxylic acids is 1. The fourth-order valence-corrected chi connectivity index (χ4v) is 5.22. The average Bonchev–Trinajstić information content (AvgIpc) is 3.05. The van der Waals surface area contributed by atoms with E-state index in [1.54, 1.807) is 6.07 Å². The number of carboxylic acids is 1. The predicted octanol–water partition coefficient (Wildman–Crippen LogP) is 3.84. The van der Waals surface area contributed by atoms with Crippen LogP contribution in [0.4, 0.5) is 4.79 Å². The molecule has 0 radical (unpaired) electrons. The minimum absolute atomic E-state index is 0.0846. The molecule has 2 aliphatic rings. The number of amides is 4. The maximum Gasteiger partial charge on any atom is 0.332 e. The van der Waals surface area contributed by atoms with E-state index in [0.717, 1.165) is 9.80 Å². The first kappa shape index (κ1) is 24.9. The van der Waals surface area contributed by atoms with Gasteiger partial charge in [-0.25, -0.2) is 4.79 Å². The van der Waals surface area contributed by atoms with Crippen molar-refractivity contribution in [2.75, 3.05) is 14.1 Å². The monoisotopic (exact) mass is 519 g/mol. The maximum absolute atomic E-state index is 13.5. The Labute approximate surface area is 211 Å². The van der Waals surface area contributed by atoms with Crippen molar-refractivity contribution in [3.63, 3.8) is 0 Å². The molecular formula is C24H23Cl2N3O6. The number of fused-ring (bicyclic) bond motifs is 1. The summed E-state index contributed by atoms with van der Waals surface area (Å²) in [4.78, 5) is 66.1. The van der Waals surface area contributed by atoms with E-state index in [-0.39, 0.29) is 39.1 Å². The number of aromatic nitrogens is 1. The second-order valence-corrected chi connectivity index (χ2v) is 10.5.